The van der Waals surface area contributed by atoms with Crippen LogP contribution in [0.15, 0.2) is 17.3 Å². The van der Waals surface area contributed by atoms with Crippen molar-refractivity contribution in [3.8, 4) is 0 Å². The number of nitrogens with one attached hydrogen (secondary N) is 1. The van der Waals surface area contributed by atoms with Gasteiger partial charge in [0.05, 0.1) is 6.20 Å². The van der Waals surface area contributed by atoms with Crippen LogP contribution in [0.2, 0.25) is 0 Å². The summed E-state index contributed by atoms with van der Waals surface area (Å²) >= 11 is 0. The van der Waals surface area contributed by atoms with E-state index in [1.165, 1.54) is 23.5 Å². The summed E-state index contributed by atoms with van der Waals surface area (Å²) in [6.45, 7) is 0.948. The molecule has 0 amide bonds. The predicted molar refractivity (Wildman–Crippen MR) is 73.0 cm³/mol. The number of aryl methyl sites for hydroxylation is 1. The van der Waals surface area contributed by atoms with Gasteiger partial charge in [0.1, 0.15) is 4.90 Å². The summed E-state index contributed by atoms with van der Waals surface area (Å²) in [7, 11) is -1.78. The largest absolute Gasteiger partial charge is 0.330 e. The first-order valence-corrected chi connectivity index (χ1v) is 8.14. The normalized spacial score (nSPS) is 19.5. The van der Waals surface area contributed by atoms with Crippen LogP contribution in [0, 0.1) is 5.41 Å². The number of nitrogens with zero attached hydrogens (tertiary/aromatic N) is 2. The Hall–Kier alpha value is -0.920. The van der Waals surface area contributed by atoms with Crippen LogP contribution in [-0.2, 0) is 17.1 Å². The first kappa shape index (κ1) is 14.5. The summed E-state index contributed by atoms with van der Waals surface area (Å²) in [5.41, 5.74) is 5.78. The van der Waals surface area contributed by atoms with Gasteiger partial charge in [-0.1, -0.05) is 19.3 Å². The van der Waals surface area contributed by atoms with E-state index in [-0.39, 0.29) is 10.3 Å². The van der Waals surface area contributed by atoms with Gasteiger partial charge in [0.2, 0.25) is 10.0 Å². The maximum Gasteiger partial charge on any atom is 0.243 e. The Morgan fingerprint density at radius 3 is 2.63 bits per heavy atom. The van der Waals surface area contributed by atoms with Crippen molar-refractivity contribution in [1.82, 2.24) is 14.5 Å². The van der Waals surface area contributed by atoms with Crippen molar-refractivity contribution in [2.75, 3.05) is 13.1 Å². The average molecular weight is 286 g/mol. The highest BCUT2D eigenvalue weighted by molar-refractivity contribution is 7.89. The molecule has 1 heterocycles. The van der Waals surface area contributed by atoms with E-state index in [1.807, 2.05) is 0 Å². The standard InChI is InChI=1S/C12H22N4O2S/c1-16-8-11(7-14-16)19(17,18)15-10-12(9-13)5-3-2-4-6-12/h7-8,15H,2-6,9-10,13H2,1H3. The molecule has 0 radical (unpaired) electrons. The molecule has 1 saturated carbocycles. The van der Waals surface area contributed by atoms with E-state index in [2.05, 4.69) is 9.82 Å². The third-order valence-corrected chi connectivity index (χ3v) is 5.33. The first-order valence-electron chi connectivity index (χ1n) is 6.66. The molecule has 3 N–H and O–H groups in total. The van der Waals surface area contributed by atoms with Gasteiger partial charge in [0.15, 0.2) is 0 Å². The number of sulfonamides is 1. The smallest absolute Gasteiger partial charge is 0.243 e. The highest BCUT2D eigenvalue weighted by Gasteiger charge is 2.32. The summed E-state index contributed by atoms with van der Waals surface area (Å²) in [5, 5.41) is 3.89. The highest BCUT2D eigenvalue weighted by Crippen LogP contribution is 2.34. The lowest BCUT2D eigenvalue weighted by Gasteiger charge is -2.36. The van der Waals surface area contributed by atoms with Crippen LogP contribution in [0.1, 0.15) is 32.1 Å². The van der Waals surface area contributed by atoms with Crippen LogP contribution in [0.5, 0.6) is 0 Å². The van der Waals surface area contributed by atoms with Gasteiger partial charge < -0.3 is 5.73 Å². The molecule has 6 nitrogen and oxygen atoms in total. The number of aromatic nitrogens is 2. The van der Waals surface area contributed by atoms with Gasteiger partial charge in [0.25, 0.3) is 0 Å². The van der Waals surface area contributed by atoms with Gasteiger partial charge in [-0.15, -0.1) is 0 Å². The molecule has 0 aliphatic heterocycles. The maximum absolute atomic E-state index is 12.1. The minimum absolute atomic E-state index is 0.0759. The molecule has 1 fully saturated rings. The molecule has 2 rings (SSSR count). The second-order valence-electron chi connectivity index (χ2n) is 5.44. The molecule has 0 saturated heterocycles. The first-order chi connectivity index (χ1) is 8.97. The number of hydrogen-bond acceptors (Lipinski definition) is 4. The molecule has 1 aromatic heterocycles. The summed E-state index contributed by atoms with van der Waals surface area (Å²) in [5.74, 6) is 0. The lowest BCUT2D eigenvalue weighted by atomic mass is 9.74. The number of nitrogens with two attached hydrogens (primary N) is 1. The van der Waals surface area contributed by atoms with Crippen molar-refractivity contribution in [2.24, 2.45) is 18.2 Å². The van der Waals surface area contributed by atoms with Gasteiger partial charge in [-0.3, -0.25) is 4.68 Å². The highest BCUT2D eigenvalue weighted by atomic mass is 32.2. The van der Waals surface area contributed by atoms with E-state index in [1.54, 1.807) is 7.05 Å². The second-order valence-corrected chi connectivity index (χ2v) is 7.21. The van der Waals surface area contributed by atoms with Gasteiger partial charge in [-0.05, 0) is 24.8 Å². The molecular formula is C12H22N4O2S. The molecule has 1 aliphatic rings. The van der Waals surface area contributed by atoms with Crippen molar-refractivity contribution in [3.63, 3.8) is 0 Å². The van der Waals surface area contributed by atoms with E-state index >= 15 is 0 Å². The fraction of sp³-hybridized carbons (Fsp3) is 0.750. The van der Waals surface area contributed by atoms with Crippen molar-refractivity contribution < 1.29 is 8.42 Å². The van der Waals surface area contributed by atoms with Crippen LogP contribution in [-0.4, -0.2) is 31.3 Å². The topological polar surface area (TPSA) is 90.0 Å². The van der Waals surface area contributed by atoms with Crippen molar-refractivity contribution >= 4 is 10.0 Å². The maximum atomic E-state index is 12.1. The van der Waals surface area contributed by atoms with Gasteiger partial charge in [-0.2, -0.15) is 5.10 Å². The molecule has 0 aromatic carbocycles. The van der Waals surface area contributed by atoms with Crippen LogP contribution < -0.4 is 10.5 Å². The SMILES string of the molecule is Cn1cc(S(=O)(=O)NCC2(CN)CCCCC2)cn1. The van der Waals surface area contributed by atoms with Crippen molar-refractivity contribution in [3.05, 3.63) is 12.4 Å². The van der Waals surface area contributed by atoms with E-state index in [0.717, 1.165) is 25.7 Å². The molecule has 0 bridgehead atoms. The third kappa shape index (κ3) is 3.34. The summed E-state index contributed by atoms with van der Waals surface area (Å²) in [4.78, 5) is 0.206. The molecular weight excluding hydrogens is 264 g/mol. The number of rotatable bonds is 5. The van der Waals surface area contributed by atoms with Crippen LogP contribution in [0.25, 0.3) is 0 Å². The van der Waals surface area contributed by atoms with Crippen LogP contribution in [0.4, 0.5) is 0 Å². The van der Waals surface area contributed by atoms with Gasteiger partial charge in [0, 0.05) is 19.8 Å². The molecule has 19 heavy (non-hydrogen) atoms. The van der Waals surface area contributed by atoms with Crippen molar-refractivity contribution in [1.29, 1.82) is 0 Å². The molecule has 0 unspecified atom stereocenters. The Morgan fingerprint density at radius 2 is 2.11 bits per heavy atom. The van der Waals surface area contributed by atoms with E-state index in [4.69, 9.17) is 5.73 Å². The lowest BCUT2D eigenvalue weighted by molar-refractivity contribution is 0.202. The molecule has 108 valence electrons. The van der Waals surface area contributed by atoms with E-state index in [9.17, 15) is 8.42 Å². The summed E-state index contributed by atoms with van der Waals surface area (Å²) < 4.78 is 28.5. The minimum atomic E-state index is -3.48. The van der Waals surface area contributed by atoms with Gasteiger partial charge in [-0.25, -0.2) is 13.1 Å². The zero-order valence-electron chi connectivity index (χ0n) is 11.3. The monoisotopic (exact) mass is 286 g/mol. The molecule has 0 atom stereocenters. The van der Waals surface area contributed by atoms with Crippen molar-refractivity contribution in [2.45, 2.75) is 37.0 Å². The van der Waals surface area contributed by atoms with Crippen LogP contribution >= 0.6 is 0 Å². The zero-order valence-corrected chi connectivity index (χ0v) is 12.1. The summed E-state index contributed by atoms with van der Waals surface area (Å²) in [6, 6.07) is 0. The quantitative estimate of drug-likeness (QED) is 0.829. The zero-order chi connectivity index (χ0) is 13.9. The molecule has 7 heteroatoms. The molecule has 1 aliphatic carbocycles. The van der Waals surface area contributed by atoms with Gasteiger partial charge >= 0.3 is 0 Å². The Balaban J connectivity index is 2.04. The Bertz CT molecular complexity index is 518. The Kier molecular flexibility index (Phi) is 4.27. The Labute approximate surface area is 114 Å². The minimum Gasteiger partial charge on any atom is -0.330 e. The fourth-order valence-electron chi connectivity index (χ4n) is 2.62. The average Bonchev–Trinajstić information content (AvgIpc) is 2.85. The molecule has 0 spiro atoms. The van der Waals surface area contributed by atoms with Crippen LogP contribution in [0.3, 0.4) is 0 Å². The van der Waals surface area contributed by atoms with E-state index in [0.29, 0.717) is 13.1 Å². The second kappa shape index (κ2) is 5.60. The number of hydrogen-bond donors (Lipinski definition) is 2. The summed E-state index contributed by atoms with van der Waals surface area (Å²) in [6.07, 6.45) is 8.34. The lowest BCUT2D eigenvalue weighted by Crippen LogP contribution is -2.43. The predicted octanol–water partition coefficient (Wildman–Crippen LogP) is 0.608. The fourth-order valence-corrected chi connectivity index (χ4v) is 3.76. The third-order valence-electron chi connectivity index (χ3n) is 3.98. The molecule has 1 aromatic rings. The van der Waals surface area contributed by atoms with E-state index < -0.39 is 10.0 Å². The Morgan fingerprint density at radius 1 is 1.42 bits per heavy atom.